The number of hydrogen-bond acceptors (Lipinski definition) is 7. The molecule has 11 nitrogen and oxygen atoms in total. The molecule has 43 heavy (non-hydrogen) atoms. The summed E-state index contributed by atoms with van der Waals surface area (Å²) in [7, 11) is -4.41. The van der Waals surface area contributed by atoms with Crippen molar-refractivity contribution < 1.29 is 36.2 Å². The number of alkyl halides is 3. The van der Waals surface area contributed by atoms with E-state index < -0.39 is 46.9 Å². The number of nitrogens with zero attached hydrogens (tertiary/aromatic N) is 4. The summed E-state index contributed by atoms with van der Waals surface area (Å²) >= 11 is 6.24. The van der Waals surface area contributed by atoms with Gasteiger partial charge in [0.1, 0.15) is 12.4 Å². The number of aliphatic hydroxyl groups excluding tert-OH is 1. The molecule has 0 saturated carbocycles. The number of halogens is 4. The Bertz CT molecular complexity index is 1660. The number of hydrogen-bond donors (Lipinski definition) is 3. The highest BCUT2D eigenvalue weighted by Gasteiger charge is 2.61. The maximum Gasteiger partial charge on any atom is 0.395 e. The minimum absolute atomic E-state index is 0.00499. The molecule has 3 atom stereocenters. The first kappa shape index (κ1) is 30.9. The molecule has 4 N–H and O–H groups in total. The van der Waals surface area contributed by atoms with E-state index in [0.29, 0.717) is 15.4 Å². The van der Waals surface area contributed by atoms with Crippen LogP contribution in [0.5, 0.6) is 5.88 Å². The number of carbonyl (C=O) groups is 1. The lowest BCUT2D eigenvalue weighted by atomic mass is 9.87. The van der Waals surface area contributed by atoms with E-state index in [0.717, 1.165) is 8.99 Å². The molecule has 0 amide bonds. The van der Waals surface area contributed by atoms with E-state index >= 15 is 0 Å². The van der Waals surface area contributed by atoms with E-state index in [1.54, 1.807) is 36.4 Å². The van der Waals surface area contributed by atoms with Crippen LogP contribution in [0.15, 0.2) is 48.5 Å². The molecular weight excluding hydrogens is 613 g/mol. The third kappa shape index (κ3) is 5.87. The summed E-state index contributed by atoms with van der Waals surface area (Å²) in [5, 5.41) is 21.7. The van der Waals surface area contributed by atoms with Crippen molar-refractivity contribution in [3.63, 3.8) is 0 Å². The molecule has 0 radical (unpaired) electrons. The van der Waals surface area contributed by atoms with Gasteiger partial charge in [-0.2, -0.15) is 40.0 Å². The van der Waals surface area contributed by atoms with Gasteiger partial charge in [-0.15, -0.1) is 0 Å². The van der Waals surface area contributed by atoms with Crippen LogP contribution in [0.1, 0.15) is 45.2 Å². The van der Waals surface area contributed by atoms with Gasteiger partial charge in [0.05, 0.1) is 34.3 Å². The molecule has 5 rings (SSSR count). The van der Waals surface area contributed by atoms with E-state index in [1.807, 2.05) is 0 Å². The Kier molecular flexibility index (Phi) is 8.30. The maximum absolute atomic E-state index is 14.2. The Balaban J connectivity index is 1.57. The lowest BCUT2D eigenvalue weighted by molar-refractivity contribution is -0.219. The fraction of sp³-hybridized carbons (Fsp3) is 0.370. The number of nitrogens with one attached hydrogen (secondary N) is 1. The number of ether oxygens (including phenoxy) is 1. The van der Waals surface area contributed by atoms with Crippen LogP contribution in [0.25, 0.3) is 0 Å². The van der Waals surface area contributed by atoms with Crippen LogP contribution >= 0.6 is 11.6 Å². The van der Waals surface area contributed by atoms with Crippen molar-refractivity contribution in [1.82, 2.24) is 18.4 Å². The van der Waals surface area contributed by atoms with Crippen molar-refractivity contribution in [3.8, 4) is 5.88 Å². The van der Waals surface area contributed by atoms with Gasteiger partial charge in [-0.3, -0.25) is 10.2 Å². The lowest BCUT2D eigenvalue weighted by Gasteiger charge is -2.47. The van der Waals surface area contributed by atoms with Crippen LogP contribution in [0.3, 0.4) is 0 Å². The first-order chi connectivity index (χ1) is 20.2. The van der Waals surface area contributed by atoms with E-state index in [1.165, 1.54) is 19.1 Å². The molecule has 2 aliphatic heterocycles. The standard InChI is InChI=1S/C27H28ClF3N6O5S/c1-15-22(23-20(27(29,30)31)13-36(23)43(40,41)35-11-10-18(38)12-35)34-37(25(39)19-4-2-3-5-21(19)28)26(15)42-14-16-6-8-17(9-7-16)24(32)33/h2-9,18,20,23,38H,10-14H2,1H3,(H3,32,33). The number of β-amino-alcohol motifs (C(OH)–C–C–N with tert-alkyl or cyclic N) is 1. The number of benzene rings is 2. The van der Waals surface area contributed by atoms with Crippen molar-refractivity contribution >= 4 is 33.6 Å². The average molecular weight is 641 g/mol. The predicted octanol–water partition coefficient (Wildman–Crippen LogP) is 3.24. The molecule has 3 unspecified atom stereocenters. The summed E-state index contributed by atoms with van der Waals surface area (Å²) in [5.74, 6) is -3.21. The second kappa shape index (κ2) is 11.5. The molecule has 2 aromatic carbocycles. The van der Waals surface area contributed by atoms with Crippen molar-refractivity contribution in [2.24, 2.45) is 11.7 Å². The number of carbonyl (C=O) groups excluding carboxylic acids is 1. The van der Waals surface area contributed by atoms with Gasteiger partial charge >= 0.3 is 6.18 Å². The molecule has 0 aliphatic carbocycles. The van der Waals surface area contributed by atoms with E-state index in [4.69, 9.17) is 27.5 Å². The van der Waals surface area contributed by atoms with Gasteiger partial charge in [0.15, 0.2) is 0 Å². The van der Waals surface area contributed by atoms with Crippen molar-refractivity contribution in [2.45, 2.75) is 38.3 Å². The van der Waals surface area contributed by atoms with Crippen molar-refractivity contribution in [2.75, 3.05) is 19.6 Å². The number of aromatic nitrogens is 2. The van der Waals surface area contributed by atoms with Gasteiger partial charge in [-0.1, -0.05) is 48.0 Å². The summed E-state index contributed by atoms with van der Waals surface area (Å²) in [6, 6.07) is 10.7. The molecule has 0 spiro atoms. The summed E-state index contributed by atoms with van der Waals surface area (Å²) in [6.45, 7) is 0.145. The normalized spacial score (nSPS) is 21.5. The fourth-order valence-electron chi connectivity index (χ4n) is 5.15. The molecule has 2 saturated heterocycles. The van der Waals surface area contributed by atoms with E-state index in [2.05, 4.69) is 5.10 Å². The SMILES string of the molecule is Cc1c(C2C(C(F)(F)F)CN2S(=O)(=O)N2CCC(O)C2)nn(C(=O)c2ccccc2Cl)c1OCc1ccc(C(=N)N)cc1. The van der Waals surface area contributed by atoms with Crippen LogP contribution < -0.4 is 10.5 Å². The second-order valence-electron chi connectivity index (χ2n) is 10.4. The largest absolute Gasteiger partial charge is 0.472 e. The lowest BCUT2D eigenvalue weighted by Crippen LogP contribution is -2.60. The van der Waals surface area contributed by atoms with Crippen molar-refractivity contribution in [1.29, 1.82) is 5.41 Å². The third-order valence-electron chi connectivity index (χ3n) is 7.56. The number of rotatable bonds is 8. The number of nitrogen functional groups attached to an aromatic ring is 1. The summed E-state index contributed by atoms with van der Waals surface area (Å²) in [6.07, 6.45) is -5.54. The van der Waals surface area contributed by atoms with E-state index in [9.17, 15) is 31.5 Å². The van der Waals surface area contributed by atoms with E-state index in [-0.39, 0.29) is 59.7 Å². The minimum atomic E-state index is -4.77. The van der Waals surface area contributed by atoms with Crippen LogP contribution in [-0.2, 0) is 16.8 Å². The molecule has 3 heterocycles. The van der Waals surface area contributed by atoms with Gasteiger partial charge in [0.25, 0.3) is 16.1 Å². The molecular formula is C27H28ClF3N6O5S. The third-order valence-corrected chi connectivity index (χ3v) is 9.84. The van der Waals surface area contributed by atoms with Crippen LogP contribution in [0, 0.1) is 18.3 Å². The Hall–Kier alpha value is -3.50. The first-order valence-electron chi connectivity index (χ1n) is 13.2. The first-order valence-corrected chi connectivity index (χ1v) is 14.9. The molecule has 0 bridgehead atoms. The second-order valence-corrected chi connectivity index (χ2v) is 12.7. The number of amidine groups is 1. The molecule has 2 aliphatic rings. The monoisotopic (exact) mass is 640 g/mol. The molecule has 1 aromatic heterocycles. The van der Waals surface area contributed by atoms with Crippen LogP contribution in [0.2, 0.25) is 5.02 Å². The summed E-state index contributed by atoms with van der Waals surface area (Å²) < 4.78 is 77.7. The van der Waals surface area contributed by atoms with Crippen molar-refractivity contribution in [3.05, 3.63) is 81.5 Å². The highest BCUT2D eigenvalue weighted by molar-refractivity contribution is 7.86. The fourth-order valence-corrected chi connectivity index (χ4v) is 7.24. The Morgan fingerprint density at radius 3 is 2.44 bits per heavy atom. The molecule has 3 aromatic rings. The Labute approximate surface area is 250 Å². The Morgan fingerprint density at radius 2 is 1.86 bits per heavy atom. The quantitative estimate of drug-likeness (QED) is 0.252. The molecule has 230 valence electrons. The van der Waals surface area contributed by atoms with Gasteiger partial charge in [-0.05, 0) is 31.0 Å². The zero-order valence-corrected chi connectivity index (χ0v) is 24.3. The highest BCUT2D eigenvalue weighted by atomic mass is 35.5. The topological polar surface area (TPSA) is 155 Å². The highest BCUT2D eigenvalue weighted by Crippen LogP contribution is 2.51. The number of aliphatic hydroxyl groups is 1. The van der Waals surface area contributed by atoms with Gasteiger partial charge in [-0.25, -0.2) is 0 Å². The van der Waals surface area contributed by atoms with Gasteiger partial charge in [0, 0.05) is 30.8 Å². The Morgan fingerprint density at radius 1 is 1.19 bits per heavy atom. The van der Waals surface area contributed by atoms with Gasteiger partial charge < -0.3 is 15.6 Å². The predicted molar refractivity (Wildman–Crippen MR) is 150 cm³/mol. The maximum atomic E-state index is 14.2. The summed E-state index contributed by atoms with van der Waals surface area (Å²) in [4.78, 5) is 13.6. The molecule has 16 heteroatoms. The smallest absolute Gasteiger partial charge is 0.395 e. The average Bonchev–Trinajstić information content (AvgIpc) is 3.50. The minimum Gasteiger partial charge on any atom is -0.472 e. The van der Waals surface area contributed by atoms with Gasteiger partial charge in [0.2, 0.25) is 5.88 Å². The zero-order valence-electron chi connectivity index (χ0n) is 22.8. The zero-order chi connectivity index (χ0) is 31.3. The number of nitrogens with two attached hydrogens (primary N) is 1. The summed E-state index contributed by atoms with van der Waals surface area (Å²) in [5.41, 5.74) is 6.32. The van der Waals surface area contributed by atoms with Crippen LogP contribution in [-0.4, -0.2) is 75.6 Å². The van der Waals surface area contributed by atoms with Crippen LogP contribution in [0.4, 0.5) is 13.2 Å². The molecule has 2 fully saturated rings.